The molecule has 0 unspecified atom stereocenters. The summed E-state index contributed by atoms with van der Waals surface area (Å²) in [7, 11) is -2.37. The molecular formula is C43H51N5O10S. The molecule has 0 spiro atoms. The zero-order chi connectivity index (χ0) is 42.7. The Balaban J connectivity index is 1.25. The third-order valence-electron chi connectivity index (χ3n) is 10.8. The van der Waals surface area contributed by atoms with Crippen LogP contribution < -0.4 is 24.8 Å². The largest absolute Gasteiger partial charge is 0.497 e. The number of amides is 4. The minimum absolute atomic E-state index is 0.0315. The van der Waals surface area contributed by atoms with E-state index in [0.717, 1.165) is 5.56 Å². The van der Waals surface area contributed by atoms with Gasteiger partial charge in [-0.05, 0) is 63.6 Å². The Labute approximate surface area is 343 Å². The molecule has 2 aliphatic carbocycles. The zero-order valence-corrected chi connectivity index (χ0v) is 35.1. The van der Waals surface area contributed by atoms with Crippen molar-refractivity contribution in [2.45, 2.75) is 102 Å². The summed E-state index contributed by atoms with van der Waals surface area (Å²) in [4.78, 5) is 62.3. The zero-order valence-electron chi connectivity index (χ0n) is 34.3. The number of benzene rings is 2. The number of likely N-dealkylation sites (tertiary alicyclic amines) is 1. The molecule has 1 saturated heterocycles. The minimum atomic E-state index is -3.93. The number of rotatable bonds is 12. The van der Waals surface area contributed by atoms with E-state index in [4.69, 9.17) is 23.6 Å². The summed E-state index contributed by atoms with van der Waals surface area (Å²) in [5, 5.41) is 5.56. The smallest absolute Gasteiger partial charge is 0.408 e. The highest BCUT2D eigenvalue weighted by Gasteiger charge is 2.62. The molecule has 5 atom stereocenters. The van der Waals surface area contributed by atoms with E-state index in [0.29, 0.717) is 52.1 Å². The van der Waals surface area contributed by atoms with Crippen molar-refractivity contribution >= 4 is 55.9 Å². The van der Waals surface area contributed by atoms with Gasteiger partial charge in [0.05, 0.1) is 30.0 Å². The molecular weight excluding hydrogens is 779 g/mol. The van der Waals surface area contributed by atoms with Gasteiger partial charge in [-0.15, -0.1) is 6.58 Å². The Morgan fingerprint density at radius 1 is 1.03 bits per heavy atom. The van der Waals surface area contributed by atoms with E-state index in [9.17, 15) is 27.6 Å². The molecule has 3 aliphatic rings. The lowest BCUT2D eigenvalue weighted by Gasteiger charge is -2.36. The molecule has 0 bridgehead atoms. The maximum absolute atomic E-state index is 14.7. The van der Waals surface area contributed by atoms with Crippen LogP contribution in [-0.2, 0) is 29.1 Å². The van der Waals surface area contributed by atoms with Crippen molar-refractivity contribution in [3.63, 3.8) is 0 Å². The first-order chi connectivity index (χ1) is 27.7. The highest BCUT2D eigenvalue weighted by atomic mass is 32.2. The van der Waals surface area contributed by atoms with E-state index in [2.05, 4.69) is 21.9 Å². The van der Waals surface area contributed by atoms with Gasteiger partial charge in [-0.25, -0.2) is 18.2 Å². The second-order valence-electron chi connectivity index (χ2n) is 17.6. The van der Waals surface area contributed by atoms with Crippen LogP contribution in [0, 0.1) is 11.3 Å². The van der Waals surface area contributed by atoms with Gasteiger partial charge in [0, 0.05) is 24.0 Å². The van der Waals surface area contributed by atoms with Crippen molar-refractivity contribution in [1.29, 1.82) is 0 Å². The molecule has 16 heteroatoms. The normalized spacial score (nSPS) is 22.4. The van der Waals surface area contributed by atoms with E-state index in [1.165, 1.54) is 11.0 Å². The number of carbonyl (C=O) groups excluding carboxylic acids is 4. The monoisotopic (exact) mass is 829 g/mol. The molecule has 7 rings (SSSR count). The standard InChI is InChI=1S/C43H51N5O10S/c1-9-25-22-43(25,39(51)47-59(53,54)28-16-17-28)46-37(49)31-20-27(23-48(31)38(50)36(41(2,3)4)45-40(52)58-42(5,6)7)56-33-21-30(24-13-11-10-12-14-24)44-34-29-19-26(55-8)15-18-32(29)57-35(33)34/h9-15,18-19,21,25,27-28,31,36H,1,16-17,20,22-23H2,2-8H3,(H,45,52)(H,46,49)(H,47,51)/t25-,27-,31+,36-,43-/m1/s1. The third-order valence-corrected chi connectivity index (χ3v) is 12.6. The van der Waals surface area contributed by atoms with Crippen LogP contribution in [0.25, 0.3) is 33.3 Å². The lowest BCUT2D eigenvalue weighted by Crippen LogP contribution is -2.60. The summed E-state index contributed by atoms with van der Waals surface area (Å²) < 4.78 is 51.8. The Bertz CT molecular complexity index is 2430. The van der Waals surface area contributed by atoms with Crippen LogP contribution in [0.3, 0.4) is 0 Å². The first kappa shape index (κ1) is 41.5. The van der Waals surface area contributed by atoms with E-state index in [-0.39, 0.29) is 19.4 Å². The van der Waals surface area contributed by atoms with E-state index in [1.54, 1.807) is 66.9 Å². The van der Waals surface area contributed by atoms with Crippen molar-refractivity contribution < 1.29 is 46.2 Å². The molecule has 2 aromatic heterocycles. The van der Waals surface area contributed by atoms with Gasteiger partial charge in [-0.1, -0.05) is 57.2 Å². The van der Waals surface area contributed by atoms with Crippen LogP contribution in [0.4, 0.5) is 4.79 Å². The topological polar surface area (TPSA) is 195 Å². The van der Waals surface area contributed by atoms with Gasteiger partial charge >= 0.3 is 6.09 Å². The lowest BCUT2D eigenvalue weighted by molar-refractivity contribution is -0.143. The fraction of sp³-hybridized carbons (Fsp3) is 0.465. The van der Waals surface area contributed by atoms with Crippen molar-refractivity contribution in [2.24, 2.45) is 11.3 Å². The van der Waals surface area contributed by atoms with E-state index in [1.807, 2.05) is 36.4 Å². The molecule has 1 aliphatic heterocycles. The van der Waals surface area contributed by atoms with Crippen molar-refractivity contribution in [3.8, 4) is 22.8 Å². The van der Waals surface area contributed by atoms with Crippen molar-refractivity contribution in [2.75, 3.05) is 13.7 Å². The van der Waals surface area contributed by atoms with Crippen molar-refractivity contribution in [3.05, 3.63) is 67.3 Å². The number of fused-ring (bicyclic) bond motifs is 3. The van der Waals surface area contributed by atoms with Gasteiger partial charge in [-0.2, -0.15) is 0 Å². The number of furan rings is 1. The highest BCUT2D eigenvalue weighted by Crippen LogP contribution is 2.46. The summed E-state index contributed by atoms with van der Waals surface area (Å²) >= 11 is 0. The maximum atomic E-state index is 14.7. The summed E-state index contributed by atoms with van der Waals surface area (Å²) in [6.45, 7) is 14.1. The second-order valence-corrected chi connectivity index (χ2v) is 19.6. The van der Waals surface area contributed by atoms with Gasteiger partial charge in [-0.3, -0.25) is 19.1 Å². The predicted octanol–water partition coefficient (Wildman–Crippen LogP) is 5.61. The number of hydrogen-bond donors (Lipinski definition) is 3. The number of nitrogens with one attached hydrogen (secondary N) is 3. The van der Waals surface area contributed by atoms with Crippen LogP contribution in [0.2, 0.25) is 0 Å². The van der Waals surface area contributed by atoms with Gasteiger partial charge in [0.25, 0.3) is 5.91 Å². The van der Waals surface area contributed by atoms with Crippen LogP contribution in [0.5, 0.6) is 11.5 Å². The summed E-state index contributed by atoms with van der Waals surface area (Å²) in [5.41, 5.74) is -0.496. The average Bonchev–Trinajstić information content (AvgIpc) is 4.08. The molecule has 59 heavy (non-hydrogen) atoms. The molecule has 3 heterocycles. The maximum Gasteiger partial charge on any atom is 0.408 e. The number of pyridine rings is 1. The number of carbonyl (C=O) groups is 4. The number of hydrogen-bond acceptors (Lipinski definition) is 11. The lowest BCUT2D eigenvalue weighted by atomic mass is 9.85. The fourth-order valence-electron chi connectivity index (χ4n) is 7.47. The molecule has 2 aromatic carbocycles. The predicted molar refractivity (Wildman–Crippen MR) is 220 cm³/mol. The van der Waals surface area contributed by atoms with E-state index < -0.39 is 79.7 Å². The second kappa shape index (κ2) is 15.2. The molecule has 2 saturated carbocycles. The van der Waals surface area contributed by atoms with Gasteiger partial charge in [0.15, 0.2) is 11.3 Å². The van der Waals surface area contributed by atoms with E-state index >= 15 is 0 Å². The number of aromatic nitrogens is 1. The van der Waals surface area contributed by atoms with Crippen LogP contribution in [0.1, 0.15) is 67.2 Å². The number of sulfonamides is 1. The summed E-state index contributed by atoms with van der Waals surface area (Å²) in [6, 6.07) is 14.3. The molecule has 15 nitrogen and oxygen atoms in total. The Kier molecular flexibility index (Phi) is 10.7. The Morgan fingerprint density at radius 2 is 1.75 bits per heavy atom. The first-order valence-corrected chi connectivity index (χ1v) is 21.2. The third kappa shape index (κ3) is 8.59. The van der Waals surface area contributed by atoms with Gasteiger partial charge < -0.3 is 34.2 Å². The Morgan fingerprint density at radius 3 is 2.36 bits per heavy atom. The minimum Gasteiger partial charge on any atom is -0.497 e. The molecule has 0 radical (unpaired) electrons. The van der Waals surface area contributed by atoms with Gasteiger partial charge in [0.2, 0.25) is 21.8 Å². The van der Waals surface area contributed by atoms with Crippen LogP contribution >= 0.6 is 0 Å². The highest BCUT2D eigenvalue weighted by molar-refractivity contribution is 7.91. The first-order valence-electron chi connectivity index (χ1n) is 19.7. The average molecular weight is 830 g/mol. The molecule has 3 fully saturated rings. The molecule has 4 aromatic rings. The molecule has 314 valence electrons. The molecule has 4 amide bonds. The van der Waals surface area contributed by atoms with Gasteiger partial charge in [0.1, 0.15) is 46.2 Å². The van der Waals surface area contributed by atoms with Crippen LogP contribution in [-0.4, -0.2) is 90.3 Å². The van der Waals surface area contributed by atoms with Crippen molar-refractivity contribution in [1.82, 2.24) is 25.2 Å². The molecule has 3 N–H and O–H groups in total. The number of ether oxygens (including phenoxy) is 3. The number of nitrogens with zero attached hydrogens (tertiary/aromatic N) is 2. The summed E-state index contributed by atoms with van der Waals surface area (Å²) in [6.07, 6.45) is 0.853. The number of alkyl carbamates (subject to hydrolysis) is 1. The quantitative estimate of drug-likeness (QED) is 0.150. The summed E-state index contributed by atoms with van der Waals surface area (Å²) in [5.74, 6) is -1.77. The number of methoxy groups -OCH3 is 1. The fourth-order valence-corrected chi connectivity index (χ4v) is 8.83. The SMILES string of the molecule is C=C[C@@H]1C[C@]1(NC(=O)[C@@H]1C[C@@H](Oc2cc(-c3ccccc3)nc3c2oc2ccc(OC)cc23)CN1C(=O)[C@@H](NC(=O)OC(C)(C)C)C(C)(C)C)C(=O)NS(=O)(=O)C1CC1. The Hall–Kier alpha value is -5.64. The van der Waals surface area contributed by atoms with Crippen LogP contribution in [0.15, 0.2) is 71.7 Å².